The lowest BCUT2D eigenvalue weighted by molar-refractivity contribution is 0.321. The number of hydrogen-bond donors (Lipinski definition) is 2. The van der Waals surface area contributed by atoms with Gasteiger partial charge in [-0.3, -0.25) is 4.98 Å². The van der Waals surface area contributed by atoms with Gasteiger partial charge in [0.05, 0.1) is 0 Å². The summed E-state index contributed by atoms with van der Waals surface area (Å²) in [6, 6.07) is 2.19. The van der Waals surface area contributed by atoms with E-state index >= 15 is 0 Å². The standard InChI is InChI=1S/C11H16BrN3.ClH/c12-10-5-9(6-15-7-10)11(13)8-1-3-14-4-2-8;/h5-8,11,14H,1-4,13H2;1H/t11-;/m1./s1. The van der Waals surface area contributed by atoms with Gasteiger partial charge in [0.25, 0.3) is 0 Å². The number of nitrogens with one attached hydrogen (secondary N) is 1. The van der Waals surface area contributed by atoms with Crippen molar-refractivity contribution in [3.63, 3.8) is 0 Å². The molecular weight excluding hydrogens is 289 g/mol. The zero-order valence-corrected chi connectivity index (χ0v) is 11.4. The first-order chi connectivity index (χ1) is 7.27. The fraction of sp³-hybridized carbons (Fsp3) is 0.545. The molecule has 0 saturated carbocycles. The molecule has 0 spiro atoms. The molecule has 3 nitrogen and oxygen atoms in total. The normalized spacial score (nSPS) is 18.9. The van der Waals surface area contributed by atoms with Gasteiger partial charge in [-0.05, 0) is 59.4 Å². The third kappa shape index (κ3) is 3.42. The quantitative estimate of drug-likeness (QED) is 0.881. The van der Waals surface area contributed by atoms with E-state index in [2.05, 4.69) is 32.3 Å². The Labute approximate surface area is 111 Å². The summed E-state index contributed by atoms with van der Waals surface area (Å²) in [5.41, 5.74) is 7.39. The number of nitrogens with two attached hydrogens (primary N) is 1. The lowest BCUT2D eigenvalue weighted by Crippen LogP contribution is -2.33. The van der Waals surface area contributed by atoms with Gasteiger partial charge in [0.15, 0.2) is 0 Å². The number of piperidine rings is 1. The van der Waals surface area contributed by atoms with E-state index in [0.29, 0.717) is 5.92 Å². The molecule has 0 aromatic carbocycles. The molecule has 0 amide bonds. The molecule has 1 saturated heterocycles. The van der Waals surface area contributed by atoms with Gasteiger partial charge in [0.1, 0.15) is 0 Å². The summed E-state index contributed by atoms with van der Waals surface area (Å²) in [4.78, 5) is 4.16. The highest BCUT2D eigenvalue weighted by Crippen LogP contribution is 2.27. The van der Waals surface area contributed by atoms with Crippen molar-refractivity contribution in [1.82, 2.24) is 10.3 Å². The van der Waals surface area contributed by atoms with Crippen LogP contribution in [-0.2, 0) is 0 Å². The minimum absolute atomic E-state index is 0. The molecule has 1 aliphatic heterocycles. The molecule has 1 fully saturated rings. The zero-order chi connectivity index (χ0) is 10.7. The first-order valence-corrected chi connectivity index (χ1v) is 6.13. The largest absolute Gasteiger partial charge is 0.324 e. The molecule has 5 heteroatoms. The molecule has 1 atom stereocenters. The van der Waals surface area contributed by atoms with Crippen LogP contribution in [0.1, 0.15) is 24.4 Å². The van der Waals surface area contributed by atoms with Gasteiger partial charge in [0.2, 0.25) is 0 Å². The molecule has 0 aliphatic carbocycles. The molecule has 90 valence electrons. The summed E-state index contributed by atoms with van der Waals surface area (Å²) in [6.07, 6.45) is 5.98. The summed E-state index contributed by atoms with van der Waals surface area (Å²) in [5, 5.41) is 3.35. The highest BCUT2D eigenvalue weighted by Gasteiger charge is 2.21. The monoisotopic (exact) mass is 305 g/mol. The molecular formula is C11H17BrClN3. The average molecular weight is 307 g/mol. The molecule has 1 aliphatic rings. The Hall–Kier alpha value is -0.160. The first kappa shape index (κ1) is 13.9. The molecule has 0 bridgehead atoms. The smallest absolute Gasteiger partial charge is 0.0410 e. The summed E-state index contributed by atoms with van der Waals surface area (Å²) in [7, 11) is 0. The number of halogens is 2. The average Bonchev–Trinajstić information content (AvgIpc) is 2.29. The van der Waals surface area contributed by atoms with Crippen LogP contribution >= 0.6 is 28.3 Å². The van der Waals surface area contributed by atoms with Crippen molar-refractivity contribution in [3.05, 3.63) is 28.5 Å². The van der Waals surface area contributed by atoms with E-state index in [-0.39, 0.29) is 18.4 Å². The number of rotatable bonds is 2. The van der Waals surface area contributed by atoms with E-state index in [0.717, 1.165) is 36.0 Å². The summed E-state index contributed by atoms with van der Waals surface area (Å²) in [5.74, 6) is 0.586. The zero-order valence-electron chi connectivity index (χ0n) is 9.03. The molecule has 1 aromatic heterocycles. The van der Waals surface area contributed by atoms with Crippen LogP contribution in [0.15, 0.2) is 22.9 Å². The van der Waals surface area contributed by atoms with Crippen molar-refractivity contribution in [1.29, 1.82) is 0 Å². The Morgan fingerprint density at radius 3 is 2.69 bits per heavy atom. The van der Waals surface area contributed by atoms with E-state index in [4.69, 9.17) is 5.73 Å². The third-order valence-corrected chi connectivity index (χ3v) is 3.44. The first-order valence-electron chi connectivity index (χ1n) is 5.34. The molecule has 2 rings (SSSR count). The fourth-order valence-electron chi connectivity index (χ4n) is 2.09. The van der Waals surface area contributed by atoms with Gasteiger partial charge >= 0.3 is 0 Å². The summed E-state index contributed by atoms with van der Waals surface area (Å²) < 4.78 is 1.00. The van der Waals surface area contributed by atoms with Crippen LogP contribution in [0.3, 0.4) is 0 Å². The Morgan fingerprint density at radius 2 is 2.06 bits per heavy atom. The van der Waals surface area contributed by atoms with E-state index in [9.17, 15) is 0 Å². The molecule has 0 radical (unpaired) electrons. The minimum atomic E-state index is 0. The van der Waals surface area contributed by atoms with Crippen molar-refractivity contribution >= 4 is 28.3 Å². The van der Waals surface area contributed by atoms with Crippen molar-refractivity contribution in [2.75, 3.05) is 13.1 Å². The van der Waals surface area contributed by atoms with E-state index in [1.165, 1.54) is 0 Å². The van der Waals surface area contributed by atoms with Crippen molar-refractivity contribution in [2.24, 2.45) is 11.7 Å². The minimum Gasteiger partial charge on any atom is -0.324 e. The number of aromatic nitrogens is 1. The van der Waals surface area contributed by atoms with Gasteiger partial charge in [-0.1, -0.05) is 0 Å². The lowest BCUT2D eigenvalue weighted by atomic mass is 9.87. The Kier molecular flexibility index (Phi) is 5.69. The second-order valence-corrected chi connectivity index (χ2v) is 4.97. The highest BCUT2D eigenvalue weighted by molar-refractivity contribution is 9.10. The maximum absolute atomic E-state index is 6.25. The topological polar surface area (TPSA) is 50.9 Å². The Morgan fingerprint density at radius 1 is 1.38 bits per heavy atom. The van der Waals surface area contributed by atoms with Crippen molar-refractivity contribution in [3.8, 4) is 0 Å². The van der Waals surface area contributed by atoms with E-state index in [1.807, 2.05) is 6.20 Å². The Bertz CT molecular complexity index is 329. The van der Waals surface area contributed by atoms with Crippen LogP contribution in [0.4, 0.5) is 0 Å². The number of pyridine rings is 1. The second-order valence-electron chi connectivity index (χ2n) is 4.05. The maximum Gasteiger partial charge on any atom is 0.0410 e. The van der Waals surface area contributed by atoms with E-state index < -0.39 is 0 Å². The van der Waals surface area contributed by atoms with Crippen LogP contribution in [0.2, 0.25) is 0 Å². The van der Waals surface area contributed by atoms with Crippen LogP contribution in [-0.4, -0.2) is 18.1 Å². The number of hydrogen-bond acceptors (Lipinski definition) is 3. The number of nitrogens with zero attached hydrogens (tertiary/aromatic N) is 1. The predicted molar refractivity (Wildman–Crippen MR) is 71.7 cm³/mol. The molecule has 0 unspecified atom stereocenters. The maximum atomic E-state index is 6.25. The van der Waals surface area contributed by atoms with Gasteiger partial charge in [0, 0.05) is 22.9 Å². The SMILES string of the molecule is Cl.N[C@@H](c1cncc(Br)c1)C1CCNCC1. The summed E-state index contributed by atoms with van der Waals surface area (Å²) in [6.45, 7) is 2.17. The molecule has 2 heterocycles. The van der Waals surface area contributed by atoms with Gasteiger partial charge in [-0.2, -0.15) is 0 Å². The molecule has 1 aromatic rings. The predicted octanol–water partition coefficient (Wildman–Crippen LogP) is 2.27. The fourth-order valence-corrected chi connectivity index (χ4v) is 2.47. The van der Waals surface area contributed by atoms with Crippen molar-refractivity contribution < 1.29 is 0 Å². The third-order valence-electron chi connectivity index (χ3n) is 3.00. The highest BCUT2D eigenvalue weighted by atomic mass is 79.9. The van der Waals surface area contributed by atoms with Crippen LogP contribution in [0.5, 0.6) is 0 Å². The van der Waals surface area contributed by atoms with Crippen LogP contribution in [0, 0.1) is 5.92 Å². The molecule has 3 N–H and O–H groups in total. The molecule has 16 heavy (non-hydrogen) atoms. The van der Waals surface area contributed by atoms with Gasteiger partial charge < -0.3 is 11.1 Å². The Balaban J connectivity index is 0.00000128. The van der Waals surface area contributed by atoms with Crippen molar-refractivity contribution in [2.45, 2.75) is 18.9 Å². The van der Waals surface area contributed by atoms with Crippen LogP contribution < -0.4 is 11.1 Å². The van der Waals surface area contributed by atoms with Crippen LogP contribution in [0.25, 0.3) is 0 Å². The van der Waals surface area contributed by atoms with Gasteiger partial charge in [-0.25, -0.2) is 0 Å². The lowest BCUT2D eigenvalue weighted by Gasteiger charge is -2.28. The van der Waals surface area contributed by atoms with Gasteiger partial charge in [-0.15, -0.1) is 12.4 Å². The van der Waals surface area contributed by atoms with E-state index in [1.54, 1.807) is 6.20 Å². The second kappa shape index (κ2) is 6.55. The summed E-state index contributed by atoms with van der Waals surface area (Å²) >= 11 is 3.42.